The Kier molecular flexibility index (Phi) is 5.04. The van der Waals surface area contributed by atoms with Crippen LogP contribution in [0.4, 0.5) is 8.78 Å². The van der Waals surface area contributed by atoms with Crippen molar-refractivity contribution < 1.29 is 13.9 Å². The minimum atomic E-state index is -1.09. The summed E-state index contributed by atoms with van der Waals surface area (Å²) in [6, 6.07) is 11.1. The second-order valence-corrected chi connectivity index (χ2v) is 5.23. The molecule has 2 nitrogen and oxygen atoms in total. The minimum absolute atomic E-state index is 0.0103. The summed E-state index contributed by atoms with van der Waals surface area (Å²) in [6.45, 7) is 4.12. The standard InChI is InChI=1S/C17H19F2NO/c1-11-4-3-5-13(8-11)12(2)20-10-17(21)15-9-14(18)6-7-16(15)19/h3-9,12,17,20-21H,10H2,1-2H3/t12-,17?/m1/s1. The summed E-state index contributed by atoms with van der Waals surface area (Å²) >= 11 is 0. The van der Waals surface area contributed by atoms with E-state index in [0.717, 1.165) is 29.3 Å². The third-order valence-corrected chi connectivity index (χ3v) is 3.48. The Morgan fingerprint density at radius 2 is 1.90 bits per heavy atom. The predicted molar refractivity (Wildman–Crippen MR) is 78.9 cm³/mol. The molecule has 1 unspecified atom stereocenters. The number of halogens is 2. The van der Waals surface area contributed by atoms with Crippen LogP contribution in [0.1, 0.15) is 35.8 Å². The topological polar surface area (TPSA) is 32.3 Å². The smallest absolute Gasteiger partial charge is 0.129 e. The zero-order valence-electron chi connectivity index (χ0n) is 12.1. The van der Waals surface area contributed by atoms with E-state index in [-0.39, 0.29) is 18.2 Å². The van der Waals surface area contributed by atoms with Crippen LogP contribution in [0.2, 0.25) is 0 Å². The van der Waals surface area contributed by atoms with Gasteiger partial charge in [0.25, 0.3) is 0 Å². The van der Waals surface area contributed by atoms with Crippen LogP contribution in [-0.2, 0) is 0 Å². The van der Waals surface area contributed by atoms with Gasteiger partial charge in [-0.25, -0.2) is 8.78 Å². The molecule has 0 spiro atoms. The Labute approximate surface area is 123 Å². The van der Waals surface area contributed by atoms with Gasteiger partial charge in [-0.2, -0.15) is 0 Å². The number of hydrogen-bond acceptors (Lipinski definition) is 2. The van der Waals surface area contributed by atoms with Crippen molar-refractivity contribution in [2.24, 2.45) is 0 Å². The van der Waals surface area contributed by atoms with Crippen molar-refractivity contribution in [2.75, 3.05) is 6.54 Å². The third-order valence-electron chi connectivity index (χ3n) is 3.48. The summed E-state index contributed by atoms with van der Waals surface area (Å²) in [5.41, 5.74) is 2.21. The zero-order valence-corrected chi connectivity index (χ0v) is 12.1. The normalized spacial score (nSPS) is 14.0. The molecule has 4 heteroatoms. The summed E-state index contributed by atoms with van der Waals surface area (Å²) in [7, 11) is 0. The lowest BCUT2D eigenvalue weighted by molar-refractivity contribution is 0.166. The summed E-state index contributed by atoms with van der Waals surface area (Å²) in [5, 5.41) is 13.1. The highest BCUT2D eigenvalue weighted by Crippen LogP contribution is 2.19. The van der Waals surface area contributed by atoms with Gasteiger partial charge >= 0.3 is 0 Å². The van der Waals surface area contributed by atoms with Gasteiger partial charge in [0.05, 0.1) is 6.10 Å². The molecule has 0 aliphatic rings. The number of aliphatic hydroxyl groups is 1. The molecule has 2 rings (SSSR count). The molecule has 2 N–H and O–H groups in total. The first-order valence-electron chi connectivity index (χ1n) is 6.90. The van der Waals surface area contributed by atoms with E-state index in [1.54, 1.807) is 0 Å². The Bertz CT molecular complexity index is 615. The fourth-order valence-electron chi connectivity index (χ4n) is 2.23. The molecule has 0 bridgehead atoms. The average Bonchev–Trinajstić information content (AvgIpc) is 2.47. The van der Waals surface area contributed by atoms with Gasteiger partial charge in [0.2, 0.25) is 0 Å². The molecule has 0 aliphatic carbocycles. The van der Waals surface area contributed by atoms with E-state index in [2.05, 4.69) is 5.32 Å². The highest BCUT2D eigenvalue weighted by molar-refractivity contribution is 5.25. The van der Waals surface area contributed by atoms with Gasteiger partial charge in [-0.15, -0.1) is 0 Å². The molecular weight excluding hydrogens is 272 g/mol. The molecule has 21 heavy (non-hydrogen) atoms. The van der Waals surface area contributed by atoms with Crippen LogP contribution in [0.3, 0.4) is 0 Å². The quantitative estimate of drug-likeness (QED) is 0.881. The average molecular weight is 291 g/mol. The van der Waals surface area contributed by atoms with Gasteiger partial charge in [-0.1, -0.05) is 29.8 Å². The van der Waals surface area contributed by atoms with Gasteiger partial charge in [-0.3, -0.25) is 0 Å². The number of aliphatic hydroxyl groups excluding tert-OH is 1. The van der Waals surface area contributed by atoms with Crippen molar-refractivity contribution in [2.45, 2.75) is 26.0 Å². The van der Waals surface area contributed by atoms with Gasteiger partial charge in [0.1, 0.15) is 11.6 Å². The summed E-state index contributed by atoms with van der Waals surface area (Å²) in [6.07, 6.45) is -1.09. The molecule has 2 aromatic carbocycles. The van der Waals surface area contributed by atoms with E-state index in [4.69, 9.17) is 0 Å². The van der Waals surface area contributed by atoms with Crippen LogP contribution < -0.4 is 5.32 Å². The predicted octanol–water partition coefficient (Wildman–Crippen LogP) is 3.66. The highest BCUT2D eigenvalue weighted by Gasteiger charge is 2.15. The third kappa shape index (κ3) is 4.09. The van der Waals surface area contributed by atoms with Crippen molar-refractivity contribution in [3.63, 3.8) is 0 Å². The lowest BCUT2D eigenvalue weighted by Crippen LogP contribution is -2.25. The largest absolute Gasteiger partial charge is 0.387 e. The zero-order chi connectivity index (χ0) is 15.4. The molecule has 0 saturated heterocycles. The Morgan fingerprint density at radius 3 is 2.62 bits per heavy atom. The van der Waals surface area contributed by atoms with E-state index in [9.17, 15) is 13.9 Å². The summed E-state index contributed by atoms with van der Waals surface area (Å²) < 4.78 is 26.7. The Hall–Kier alpha value is -1.78. The van der Waals surface area contributed by atoms with Crippen LogP contribution >= 0.6 is 0 Å². The van der Waals surface area contributed by atoms with Crippen molar-refractivity contribution in [3.8, 4) is 0 Å². The molecule has 112 valence electrons. The van der Waals surface area contributed by atoms with Crippen molar-refractivity contribution in [1.82, 2.24) is 5.32 Å². The first kappa shape index (κ1) is 15.6. The molecule has 2 aromatic rings. The molecular formula is C17H19F2NO. The van der Waals surface area contributed by atoms with Crippen molar-refractivity contribution in [3.05, 3.63) is 70.8 Å². The SMILES string of the molecule is Cc1cccc([C@@H](C)NCC(O)c2cc(F)ccc2F)c1. The number of rotatable bonds is 5. The van der Waals surface area contributed by atoms with Crippen LogP contribution in [-0.4, -0.2) is 11.7 Å². The second-order valence-electron chi connectivity index (χ2n) is 5.23. The second kappa shape index (κ2) is 6.78. The number of aryl methyl sites for hydroxylation is 1. The van der Waals surface area contributed by atoms with Crippen LogP contribution in [0.25, 0.3) is 0 Å². The molecule has 2 atom stereocenters. The molecule has 0 fully saturated rings. The molecule has 0 saturated carbocycles. The van der Waals surface area contributed by atoms with E-state index < -0.39 is 17.7 Å². The van der Waals surface area contributed by atoms with Gasteiger partial charge in [-0.05, 0) is 37.6 Å². The highest BCUT2D eigenvalue weighted by atomic mass is 19.1. The fraction of sp³-hybridized carbons (Fsp3) is 0.294. The van der Waals surface area contributed by atoms with E-state index in [0.29, 0.717) is 0 Å². The van der Waals surface area contributed by atoms with Crippen molar-refractivity contribution >= 4 is 0 Å². The molecule has 0 aromatic heterocycles. The minimum Gasteiger partial charge on any atom is -0.387 e. The first-order chi connectivity index (χ1) is 9.97. The van der Waals surface area contributed by atoms with Crippen LogP contribution in [0.5, 0.6) is 0 Å². The van der Waals surface area contributed by atoms with E-state index >= 15 is 0 Å². The lowest BCUT2D eigenvalue weighted by atomic mass is 10.0. The van der Waals surface area contributed by atoms with Crippen molar-refractivity contribution in [1.29, 1.82) is 0 Å². The van der Waals surface area contributed by atoms with Crippen LogP contribution in [0.15, 0.2) is 42.5 Å². The van der Waals surface area contributed by atoms with Gasteiger partial charge in [0.15, 0.2) is 0 Å². The Balaban J connectivity index is 2.00. The van der Waals surface area contributed by atoms with Crippen LogP contribution in [0, 0.1) is 18.6 Å². The summed E-state index contributed by atoms with van der Waals surface area (Å²) in [5.74, 6) is -1.16. The monoisotopic (exact) mass is 291 g/mol. The lowest BCUT2D eigenvalue weighted by Gasteiger charge is -2.18. The summed E-state index contributed by atoms with van der Waals surface area (Å²) in [4.78, 5) is 0. The van der Waals surface area contributed by atoms with E-state index in [1.165, 1.54) is 0 Å². The number of nitrogens with one attached hydrogen (secondary N) is 1. The first-order valence-corrected chi connectivity index (χ1v) is 6.90. The molecule has 0 amide bonds. The van der Waals surface area contributed by atoms with Gasteiger partial charge < -0.3 is 10.4 Å². The van der Waals surface area contributed by atoms with Gasteiger partial charge in [0, 0.05) is 18.2 Å². The maximum Gasteiger partial charge on any atom is 0.129 e. The number of benzene rings is 2. The Morgan fingerprint density at radius 1 is 1.14 bits per heavy atom. The maximum absolute atomic E-state index is 13.6. The number of hydrogen-bond donors (Lipinski definition) is 2. The molecule has 0 radical (unpaired) electrons. The fourth-order valence-corrected chi connectivity index (χ4v) is 2.23. The molecule has 0 heterocycles. The maximum atomic E-state index is 13.6. The molecule has 0 aliphatic heterocycles. The van der Waals surface area contributed by atoms with E-state index in [1.807, 2.05) is 38.1 Å².